The Morgan fingerprint density at radius 2 is 2.06 bits per heavy atom. The molecule has 96 valence electrons. The summed E-state index contributed by atoms with van der Waals surface area (Å²) in [5, 5.41) is 2.60. The molecule has 0 bridgehead atoms. The average Bonchev–Trinajstić information content (AvgIpc) is 2.43. The van der Waals surface area contributed by atoms with Crippen LogP contribution in [0.4, 0.5) is 0 Å². The fraction of sp³-hybridized carbons (Fsp3) is 1.00. The molecule has 1 aliphatic heterocycles. The summed E-state index contributed by atoms with van der Waals surface area (Å²) in [7, 11) is -1.34. The summed E-state index contributed by atoms with van der Waals surface area (Å²) >= 11 is 0. The Morgan fingerprint density at radius 1 is 1.38 bits per heavy atom. The van der Waals surface area contributed by atoms with Gasteiger partial charge in [-0.25, -0.2) is 8.42 Å². The first-order chi connectivity index (χ1) is 7.50. The summed E-state index contributed by atoms with van der Waals surface area (Å²) in [4.78, 5) is 0. The van der Waals surface area contributed by atoms with E-state index in [0.29, 0.717) is 13.1 Å². The largest absolute Gasteiger partial charge is 0.318 e. The maximum absolute atomic E-state index is 12.3. The highest BCUT2D eigenvalue weighted by molar-refractivity contribution is 7.89. The standard InChI is InChI=1S/C11H24N2O2S/c1-10-7-5-4-6-8-13(10)16(14,15)11(2)9-12-3/h10-12H,4-9H2,1-3H3. The van der Waals surface area contributed by atoms with Crippen LogP contribution in [0.1, 0.15) is 39.5 Å². The molecular weight excluding hydrogens is 224 g/mol. The van der Waals surface area contributed by atoms with Gasteiger partial charge in [0.15, 0.2) is 0 Å². The van der Waals surface area contributed by atoms with Crippen molar-refractivity contribution in [1.82, 2.24) is 9.62 Å². The molecule has 0 aromatic carbocycles. The Morgan fingerprint density at radius 3 is 2.69 bits per heavy atom. The number of hydrogen-bond donors (Lipinski definition) is 1. The number of nitrogens with zero attached hydrogens (tertiary/aromatic N) is 1. The van der Waals surface area contributed by atoms with Crippen LogP contribution in [-0.4, -0.2) is 44.2 Å². The zero-order valence-corrected chi connectivity index (χ0v) is 11.4. The van der Waals surface area contributed by atoms with Crippen molar-refractivity contribution in [2.45, 2.75) is 50.8 Å². The minimum Gasteiger partial charge on any atom is -0.318 e. The van der Waals surface area contributed by atoms with Crippen molar-refractivity contribution in [2.24, 2.45) is 0 Å². The summed E-state index contributed by atoms with van der Waals surface area (Å²) in [6, 6.07) is 0.159. The number of hydrogen-bond acceptors (Lipinski definition) is 3. The summed E-state index contributed by atoms with van der Waals surface area (Å²) in [5.74, 6) is 0. The Hall–Kier alpha value is -0.130. The number of nitrogens with one attached hydrogen (secondary N) is 1. The second kappa shape index (κ2) is 5.98. The quantitative estimate of drug-likeness (QED) is 0.813. The third kappa shape index (κ3) is 3.18. The molecular formula is C11H24N2O2S. The Bertz CT molecular complexity index is 303. The predicted octanol–water partition coefficient (Wildman–Crippen LogP) is 1.19. The third-order valence-electron chi connectivity index (χ3n) is 3.32. The second-order valence-electron chi connectivity index (χ2n) is 4.72. The molecule has 0 aliphatic carbocycles. The lowest BCUT2D eigenvalue weighted by Crippen LogP contribution is -2.45. The van der Waals surface area contributed by atoms with Gasteiger partial charge < -0.3 is 5.32 Å². The molecule has 2 unspecified atom stereocenters. The minimum absolute atomic E-state index is 0.159. The molecule has 0 spiro atoms. The molecule has 2 atom stereocenters. The Labute approximate surface area is 99.5 Å². The molecule has 16 heavy (non-hydrogen) atoms. The summed E-state index contributed by atoms with van der Waals surface area (Å²) in [5.41, 5.74) is 0. The monoisotopic (exact) mass is 248 g/mol. The predicted molar refractivity (Wildman–Crippen MR) is 66.9 cm³/mol. The lowest BCUT2D eigenvalue weighted by Gasteiger charge is -2.29. The second-order valence-corrected chi connectivity index (χ2v) is 7.03. The normalized spacial score (nSPS) is 26.3. The van der Waals surface area contributed by atoms with Crippen LogP contribution in [0.15, 0.2) is 0 Å². The van der Waals surface area contributed by atoms with E-state index in [4.69, 9.17) is 0 Å². The third-order valence-corrected chi connectivity index (χ3v) is 5.70. The van der Waals surface area contributed by atoms with Crippen LogP contribution in [0.5, 0.6) is 0 Å². The summed E-state index contributed by atoms with van der Waals surface area (Å²) < 4.78 is 26.4. The van der Waals surface area contributed by atoms with E-state index in [1.54, 1.807) is 18.3 Å². The molecule has 1 saturated heterocycles. The number of sulfonamides is 1. The molecule has 5 heteroatoms. The van der Waals surface area contributed by atoms with E-state index in [1.165, 1.54) is 0 Å². The van der Waals surface area contributed by atoms with Crippen LogP contribution in [0.2, 0.25) is 0 Å². The Kier molecular flexibility index (Phi) is 5.21. The molecule has 1 fully saturated rings. The van der Waals surface area contributed by atoms with Crippen LogP contribution < -0.4 is 5.32 Å². The van der Waals surface area contributed by atoms with Crippen LogP contribution >= 0.6 is 0 Å². The van der Waals surface area contributed by atoms with E-state index >= 15 is 0 Å². The van der Waals surface area contributed by atoms with Crippen molar-refractivity contribution in [2.75, 3.05) is 20.1 Å². The smallest absolute Gasteiger partial charge is 0.218 e. The summed E-state index contributed by atoms with van der Waals surface area (Å²) in [6.07, 6.45) is 4.28. The molecule has 1 N–H and O–H groups in total. The molecule has 1 heterocycles. The van der Waals surface area contributed by atoms with Gasteiger partial charge in [-0.05, 0) is 33.7 Å². The minimum atomic E-state index is -3.13. The maximum atomic E-state index is 12.3. The van der Waals surface area contributed by atoms with E-state index in [2.05, 4.69) is 5.32 Å². The lowest BCUT2D eigenvalue weighted by atomic mass is 10.1. The van der Waals surface area contributed by atoms with Gasteiger partial charge in [-0.15, -0.1) is 0 Å². The van der Waals surface area contributed by atoms with E-state index in [0.717, 1.165) is 25.7 Å². The van der Waals surface area contributed by atoms with Gasteiger partial charge in [-0.3, -0.25) is 0 Å². The first-order valence-corrected chi connectivity index (χ1v) is 7.65. The molecule has 0 radical (unpaired) electrons. The average molecular weight is 248 g/mol. The van der Waals surface area contributed by atoms with Crippen LogP contribution in [0, 0.1) is 0 Å². The zero-order chi connectivity index (χ0) is 12.2. The van der Waals surface area contributed by atoms with Crippen molar-refractivity contribution in [3.63, 3.8) is 0 Å². The topological polar surface area (TPSA) is 49.4 Å². The van der Waals surface area contributed by atoms with Crippen LogP contribution in [0.3, 0.4) is 0 Å². The van der Waals surface area contributed by atoms with Crippen LogP contribution in [0.25, 0.3) is 0 Å². The van der Waals surface area contributed by atoms with Crippen molar-refractivity contribution < 1.29 is 8.42 Å². The molecule has 0 aromatic heterocycles. The lowest BCUT2D eigenvalue weighted by molar-refractivity contribution is 0.337. The summed E-state index contributed by atoms with van der Waals surface area (Å²) in [6.45, 7) is 5.02. The molecule has 0 aromatic rings. The Balaban J connectivity index is 2.79. The number of rotatable bonds is 4. The van der Waals surface area contributed by atoms with Gasteiger partial charge in [0.1, 0.15) is 0 Å². The SMILES string of the molecule is CNCC(C)S(=O)(=O)N1CCCCCC1C. The van der Waals surface area contributed by atoms with Gasteiger partial charge in [0, 0.05) is 19.1 Å². The maximum Gasteiger partial charge on any atom is 0.218 e. The van der Waals surface area contributed by atoms with Crippen molar-refractivity contribution >= 4 is 10.0 Å². The van der Waals surface area contributed by atoms with E-state index in [1.807, 2.05) is 6.92 Å². The molecule has 1 rings (SSSR count). The highest BCUT2D eigenvalue weighted by Gasteiger charge is 2.32. The molecule has 1 aliphatic rings. The first-order valence-electron chi connectivity index (χ1n) is 6.15. The van der Waals surface area contributed by atoms with Gasteiger partial charge in [-0.1, -0.05) is 12.8 Å². The molecule has 0 amide bonds. The zero-order valence-electron chi connectivity index (χ0n) is 10.6. The van der Waals surface area contributed by atoms with Crippen molar-refractivity contribution in [3.05, 3.63) is 0 Å². The van der Waals surface area contributed by atoms with Gasteiger partial charge in [0.2, 0.25) is 10.0 Å². The fourth-order valence-corrected chi connectivity index (χ4v) is 4.08. The van der Waals surface area contributed by atoms with E-state index in [-0.39, 0.29) is 11.3 Å². The molecule has 4 nitrogen and oxygen atoms in total. The van der Waals surface area contributed by atoms with E-state index < -0.39 is 10.0 Å². The molecule has 0 saturated carbocycles. The van der Waals surface area contributed by atoms with Crippen molar-refractivity contribution in [3.8, 4) is 0 Å². The van der Waals surface area contributed by atoms with Gasteiger partial charge in [-0.2, -0.15) is 4.31 Å². The van der Waals surface area contributed by atoms with Gasteiger partial charge in [0.25, 0.3) is 0 Å². The van der Waals surface area contributed by atoms with Gasteiger partial charge in [0.05, 0.1) is 5.25 Å². The van der Waals surface area contributed by atoms with Crippen molar-refractivity contribution in [1.29, 1.82) is 0 Å². The van der Waals surface area contributed by atoms with Gasteiger partial charge >= 0.3 is 0 Å². The van der Waals surface area contributed by atoms with E-state index in [9.17, 15) is 8.42 Å². The van der Waals surface area contributed by atoms with Crippen LogP contribution in [-0.2, 0) is 10.0 Å². The first kappa shape index (κ1) is 13.9. The highest BCUT2D eigenvalue weighted by atomic mass is 32.2. The highest BCUT2D eigenvalue weighted by Crippen LogP contribution is 2.21. The fourth-order valence-electron chi connectivity index (χ4n) is 2.25.